The largest absolute Gasteiger partial charge is 0.465 e. The second kappa shape index (κ2) is 7.23. The maximum absolute atomic E-state index is 11.7. The van der Waals surface area contributed by atoms with Crippen LogP contribution in [0.25, 0.3) is 10.9 Å². The number of amides is 1. The number of esters is 1. The Morgan fingerprint density at radius 1 is 1.23 bits per heavy atom. The molecule has 0 aliphatic carbocycles. The molecule has 0 aliphatic rings. The number of hydrogen-bond donors (Lipinski definition) is 1. The molecule has 1 heterocycles. The molecule has 0 aliphatic heterocycles. The second-order valence-electron chi connectivity index (χ2n) is 5.95. The fourth-order valence-electron chi connectivity index (χ4n) is 2.81. The number of carbonyl (C=O) groups excluding carboxylic acids is 2. The Morgan fingerprint density at radius 2 is 2.00 bits per heavy atom. The first kappa shape index (κ1) is 17.4. The van der Waals surface area contributed by atoms with Crippen LogP contribution in [0.3, 0.4) is 0 Å². The number of hydrogen-bond acceptors (Lipinski definition) is 4. The molecule has 0 saturated heterocycles. The molecule has 3 rings (SSSR count). The van der Waals surface area contributed by atoms with Gasteiger partial charge in [0.25, 0.3) is 0 Å². The SMILES string of the molecule is COC(=O)c1ccc(C)c(N=Cc2cn(CC(N)=O)c3ccccc23)c1. The zero-order valence-electron chi connectivity index (χ0n) is 14.6. The zero-order chi connectivity index (χ0) is 18.7. The molecule has 0 bridgehead atoms. The van der Waals surface area contributed by atoms with Crippen molar-refractivity contribution in [2.45, 2.75) is 13.5 Å². The van der Waals surface area contributed by atoms with Crippen LogP contribution in [0.4, 0.5) is 5.69 Å². The minimum atomic E-state index is -0.407. The van der Waals surface area contributed by atoms with Gasteiger partial charge in [-0.1, -0.05) is 24.3 Å². The van der Waals surface area contributed by atoms with E-state index in [0.717, 1.165) is 22.0 Å². The Labute approximate surface area is 150 Å². The van der Waals surface area contributed by atoms with E-state index in [-0.39, 0.29) is 6.54 Å². The highest BCUT2D eigenvalue weighted by molar-refractivity contribution is 6.01. The normalized spacial score (nSPS) is 11.2. The third-order valence-electron chi connectivity index (χ3n) is 4.12. The predicted molar refractivity (Wildman–Crippen MR) is 101 cm³/mol. The van der Waals surface area contributed by atoms with Crippen molar-refractivity contribution >= 4 is 34.7 Å². The van der Waals surface area contributed by atoms with Gasteiger partial charge in [0.05, 0.1) is 18.4 Å². The summed E-state index contributed by atoms with van der Waals surface area (Å²) in [5.41, 5.74) is 9.17. The molecule has 132 valence electrons. The number of benzene rings is 2. The van der Waals surface area contributed by atoms with Crippen LogP contribution in [0.5, 0.6) is 0 Å². The van der Waals surface area contributed by atoms with Crippen molar-refractivity contribution < 1.29 is 14.3 Å². The van der Waals surface area contributed by atoms with E-state index in [1.165, 1.54) is 7.11 Å². The van der Waals surface area contributed by atoms with Gasteiger partial charge in [0.2, 0.25) is 5.91 Å². The summed E-state index contributed by atoms with van der Waals surface area (Å²) >= 11 is 0. The lowest BCUT2D eigenvalue weighted by Crippen LogP contribution is -2.17. The summed E-state index contributed by atoms with van der Waals surface area (Å²) in [6.07, 6.45) is 3.57. The number of fused-ring (bicyclic) bond motifs is 1. The summed E-state index contributed by atoms with van der Waals surface area (Å²) in [4.78, 5) is 27.5. The van der Waals surface area contributed by atoms with Gasteiger partial charge in [-0.25, -0.2) is 4.79 Å². The van der Waals surface area contributed by atoms with Crippen LogP contribution < -0.4 is 5.73 Å². The first-order valence-electron chi connectivity index (χ1n) is 8.09. The van der Waals surface area contributed by atoms with Crippen molar-refractivity contribution in [2.24, 2.45) is 10.7 Å². The number of primary amides is 1. The topological polar surface area (TPSA) is 86.7 Å². The van der Waals surface area contributed by atoms with Gasteiger partial charge in [-0.2, -0.15) is 0 Å². The van der Waals surface area contributed by atoms with E-state index >= 15 is 0 Å². The quantitative estimate of drug-likeness (QED) is 0.567. The maximum atomic E-state index is 11.7. The number of carbonyl (C=O) groups is 2. The fraction of sp³-hybridized carbons (Fsp3) is 0.150. The van der Waals surface area contributed by atoms with E-state index in [1.54, 1.807) is 22.9 Å². The molecule has 1 aromatic heterocycles. The van der Waals surface area contributed by atoms with Crippen LogP contribution in [0.1, 0.15) is 21.5 Å². The number of para-hydroxylation sites is 1. The first-order valence-corrected chi connectivity index (χ1v) is 8.09. The number of aromatic nitrogens is 1. The van der Waals surface area contributed by atoms with E-state index < -0.39 is 11.9 Å². The van der Waals surface area contributed by atoms with Gasteiger partial charge in [0.1, 0.15) is 6.54 Å². The molecule has 0 unspecified atom stereocenters. The summed E-state index contributed by atoms with van der Waals surface area (Å²) < 4.78 is 6.56. The molecular weight excluding hydrogens is 330 g/mol. The summed E-state index contributed by atoms with van der Waals surface area (Å²) in [7, 11) is 1.35. The molecular formula is C20H19N3O3. The van der Waals surface area contributed by atoms with E-state index in [0.29, 0.717) is 11.3 Å². The number of nitrogens with zero attached hydrogens (tertiary/aromatic N) is 2. The van der Waals surface area contributed by atoms with Crippen molar-refractivity contribution in [1.29, 1.82) is 0 Å². The minimum absolute atomic E-state index is 0.102. The lowest BCUT2D eigenvalue weighted by molar-refractivity contribution is -0.118. The molecule has 2 N–H and O–H groups in total. The molecule has 0 radical (unpaired) electrons. The Hall–Kier alpha value is -3.41. The van der Waals surface area contributed by atoms with Gasteiger partial charge in [0.15, 0.2) is 0 Å². The summed E-state index contributed by atoms with van der Waals surface area (Å²) in [5.74, 6) is -0.810. The molecule has 6 nitrogen and oxygen atoms in total. The lowest BCUT2D eigenvalue weighted by Gasteiger charge is -2.03. The van der Waals surface area contributed by atoms with Crippen LogP contribution in [0.2, 0.25) is 0 Å². The molecule has 0 spiro atoms. The van der Waals surface area contributed by atoms with Crippen LogP contribution >= 0.6 is 0 Å². The van der Waals surface area contributed by atoms with Crippen molar-refractivity contribution in [2.75, 3.05) is 7.11 Å². The second-order valence-corrected chi connectivity index (χ2v) is 5.95. The molecule has 0 fully saturated rings. The summed E-state index contributed by atoms with van der Waals surface area (Å²) in [6, 6.07) is 13.0. The third-order valence-corrected chi connectivity index (χ3v) is 4.12. The van der Waals surface area contributed by atoms with Crippen molar-refractivity contribution in [3.63, 3.8) is 0 Å². The van der Waals surface area contributed by atoms with Crippen LogP contribution in [0, 0.1) is 6.92 Å². The zero-order valence-corrected chi connectivity index (χ0v) is 14.6. The highest BCUT2D eigenvalue weighted by atomic mass is 16.5. The van der Waals surface area contributed by atoms with Crippen LogP contribution in [0.15, 0.2) is 53.7 Å². The molecule has 0 atom stereocenters. The summed E-state index contributed by atoms with van der Waals surface area (Å²) in [5, 5.41) is 0.972. The predicted octanol–water partition coefficient (Wildman–Crippen LogP) is 2.97. The number of nitrogens with two attached hydrogens (primary N) is 1. The Kier molecular flexibility index (Phi) is 4.84. The third kappa shape index (κ3) is 3.49. The minimum Gasteiger partial charge on any atom is -0.465 e. The smallest absolute Gasteiger partial charge is 0.337 e. The average molecular weight is 349 g/mol. The van der Waals surface area contributed by atoms with Gasteiger partial charge >= 0.3 is 5.97 Å². The Morgan fingerprint density at radius 3 is 2.73 bits per heavy atom. The van der Waals surface area contributed by atoms with E-state index in [4.69, 9.17) is 10.5 Å². The number of aliphatic imine (C=N–C) groups is 1. The average Bonchev–Trinajstić information content (AvgIpc) is 2.97. The highest BCUT2D eigenvalue weighted by Crippen LogP contribution is 2.23. The van der Waals surface area contributed by atoms with Gasteiger partial charge in [-0.3, -0.25) is 9.79 Å². The molecule has 3 aromatic rings. The standard InChI is InChI=1S/C20H19N3O3/c1-13-7-8-14(20(25)26-2)9-17(13)22-10-15-11-23(12-19(21)24)18-6-4-3-5-16(15)18/h3-11H,12H2,1-2H3,(H2,21,24). The lowest BCUT2D eigenvalue weighted by atomic mass is 10.1. The van der Waals surface area contributed by atoms with E-state index in [1.807, 2.05) is 43.5 Å². The Balaban J connectivity index is 2.01. The van der Waals surface area contributed by atoms with Crippen molar-refractivity contribution in [3.8, 4) is 0 Å². The monoisotopic (exact) mass is 349 g/mol. The molecule has 6 heteroatoms. The van der Waals surface area contributed by atoms with Crippen molar-refractivity contribution in [3.05, 3.63) is 65.4 Å². The highest BCUT2D eigenvalue weighted by Gasteiger charge is 2.10. The van der Waals surface area contributed by atoms with Crippen LogP contribution in [-0.4, -0.2) is 29.8 Å². The fourth-order valence-corrected chi connectivity index (χ4v) is 2.81. The van der Waals surface area contributed by atoms with Gasteiger partial charge in [-0.15, -0.1) is 0 Å². The van der Waals surface area contributed by atoms with E-state index in [9.17, 15) is 9.59 Å². The van der Waals surface area contributed by atoms with Gasteiger partial charge in [-0.05, 0) is 30.7 Å². The molecule has 0 saturated carbocycles. The first-order chi connectivity index (χ1) is 12.5. The van der Waals surface area contributed by atoms with Gasteiger partial charge in [0, 0.05) is 28.9 Å². The number of rotatable bonds is 5. The summed E-state index contributed by atoms with van der Waals surface area (Å²) in [6.45, 7) is 2.02. The molecule has 2 aromatic carbocycles. The van der Waals surface area contributed by atoms with Gasteiger partial charge < -0.3 is 15.0 Å². The van der Waals surface area contributed by atoms with Crippen LogP contribution in [-0.2, 0) is 16.1 Å². The molecule has 26 heavy (non-hydrogen) atoms. The van der Waals surface area contributed by atoms with E-state index in [2.05, 4.69) is 4.99 Å². The van der Waals surface area contributed by atoms with Crippen molar-refractivity contribution in [1.82, 2.24) is 4.57 Å². The maximum Gasteiger partial charge on any atom is 0.337 e. The number of aryl methyl sites for hydroxylation is 1. The number of ether oxygens (including phenoxy) is 1. The molecule has 1 amide bonds. The number of methoxy groups -OCH3 is 1. The Bertz CT molecular complexity index is 1020.